The second-order valence-corrected chi connectivity index (χ2v) is 5.37. The second kappa shape index (κ2) is 7.28. The Kier molecular flexibility index (Phi) is 7.26. The van der Waals surface area contributed by atoms with E-state index in [1.54, 1.807) is 0 Å². The molecule has 0 amide bonds. The van der Waals surface area contributed by atoms with Crippen molar-refractivity contribution in [1.29, 1.82) is 0 Å². The van der Waals surface area contributed by atoms with E-state index in [0.717, 1.165) is 12.5 Å². The Labute approximate surface area is 90.7 Å². The Morgan fingerprint density at radius 2 is 1.71 bits per heavy atom. The Bertz CT molecular complexity index is 124. The molecule has 0 rings (SSSR count). The van der Waals surface area contributed by atoms with Gasteiger partial charge in [-0.1, -0.05) is 53.9 Å². The standard InChI is InChI=1S/C13H29N/c1-6-8-9-10-12(11-14-7-2)13(3,4)5/h12,14H,6-11H2,1-5H3. The van der Waals surface area contributed by atoms with Crippen molar-refractivity contribution >= 4 is 0 Å². The van der Waals surface area contributed by atoms with Gasteiger partial charge in [0.2, 0.25) is 0 Å². The molecular formula is C13H29N. The number of unbranched alkanes of at least 4 members (excludes halogenated alkanes) is 2. The molecular weight excluding hydrogens is 170 g/mol. The van der Waals surface area contributed by atoms with E-state index in [-0.39, 0.29) is 0 Å². The SMILES string of the molecule is CCCCCC(CNCC)C(C)(C)C. The van der Waals surface area contributed by atoms with E-state index < -0.39 is 0 Å². The lowest BCUT2D eigenvalue weighted by Gasteiger charge is -2.31. The topological polar surface area (TPSA) is 12.0 Å². The second-order valence-electron chi connectivity index (χ2n) is 5.37. The average molecular weight is 199 g/mol. The molecule has 0 aliphatic rings. The van der Waals surface area contributed by atoms with Gasteiger partial charge in [-0.15, -0.1) is 0 Å². The van der Waals surface area contributed by atoms with Crippen molar-refractivity contribution < 1.29 is 0 Å². The van der Waals surface area contributed by atoms with Gasteiger partial charge in [-0.25, -0.2) is 0 Å². The zero-order chi connectivity index (χ0) is 11.0. The van der Waals surface area contributed by atoms with Crippen LogP contribution in [0.1, 0.15) is 60.3 Å². The molecule has 0 fully saturated rings. The molecule has 0 aliphatic heterocycles. The molecule has 0 aliphatic carbocycles. The van der Waals surface area contributed by atoms with Crippen molar-refractivity contribution in [2.45, 2.75) is 60.3 Å². The van der Waals surface area contributed by atoms with Gasteiger partial charge in [-0.2, -0.15) is 0 Å². The molecule has 14 heavy (non-hydrogen) atoms. The summed E-state index contributed by atoms with van der Waals surface area (Å²) in [5.41, 5.74) is 0.454. The molecule has 0 saturated heterocycles. The first-order valence-corrected chi connectivity index (χ1v) is 6.23. The van der Waals surface area contributed by atoms with E-state index in [2.05, 4.69) is 39.9 Å². The lowest BCUT2D eigenvalue weighted by molar-refractivity contribution is 0.214. The summed E-state index contributed by atoms with van der Waals surface area (Å²) in [6.45, 7) is 13.8. The van der Waals surface area contributed by atoms with Crippen LogP contribution in [0.4, 0.5) is 0 Å². The zero-order valence-electron chi connectivity index (χ0n) is 10.8. The summed E-state index contributed by atoms with van der Waals surface area (Å²) in [4.78, 5) is 0. The Hall–Kier alpha value is -0.0400. The first-order chi connectivity index (χ1) is 6.52. The quantitative estimate of drug-likeness (QED) is 0.614. The van der Waals surface area contributed by atoms with Crippen LogP contribution in [-0.4, -0.2) is 13.1 Å². The monoisotopic (exact) mass is 199 g/mol. The molecule has 0 saturated carbocycles. The molecule has 1 nitrogen and oxygen atoms in total. The summed E-state index contributed by atoms with van der Waals surface area (Å²) in [5, 5.41) is 3.48. The van der Waals surface area contributed by atoms with Crippen molar-refractivity contribution in [1.82, 2.24) is 5.32 Å². The van der Waals surface area contributed by atoms with Gasteiger partial charge in [0.15, 0.2) is 0 Å². The number of hydrogen-bond acceptors (Lipinski definition) is 1. The molecule has 1 N–H and O–H groups in total. The van der Waals surface area contributed by atoms with Gasteiger partial charge in [-0.05, 0) is 30.8 Å². The van der Waals surface area contributed by atoms with E-state index in [4.69, 9.17) is 0 Å². The molecule has 86 valence electrons. The summed E-state index contributed by atoms with van der Waals surface area (Å²) >= 11 is 0. The molecule has 0 aromatic heterocycles. The van der Waals surface area contributed by atoms with Crippen LogP contribution in [0.2, 0.25) is 0 Å². The minimum absolute atomic E-state index is 0.454. The largest absolute Gasteiger partial charge is 0.317 e. The van der Waals surface area contributed by atoms with E-state index in [1.165, 1.54) is 32.2 Å². The van der Waals surface area contributed by atoms with Gasteiger partial charge < -0.3 is 5.32 Å². The Morgan fingerprint density at radius 3 is 2.14 bits per heavy atom. The molecule has 0 radical (unpaired) electrons. The summed E-state index contributed by atoms with van der Waals surface area (Å²) < 4.78 is 0. The highest BCUT2D eigenvalue weighted by atomic mass is 14.8. The predicted octanol–water partition coefficient (Wildman–Crippen LogP) is 3.84. The van der Waals surface area contributed by atoms with Crippen molar-refractivity contribution in [2.24, 2.45) is 11.3 Å². The molecule has 1 unspecified atom stereocenters. The third-order valence-corrected chi connectivity index (χ3v) is 3.02. The van der Waals surface area contributed by atoms with Gasteiger partial charge in [-0.3, -0.25) is 0 Å². The first-order valence-electron chi connectivity index (χ1n) is 6.23. The predicted molar refractivity (Wildman–Crippen MR) is 65.6 cm³/mol. The maximum absolute atomic E-state index is 3.48. The van der Waals surface area contributed by atoms with Crippen molar-refractivity contribution in [3.8, 4) is 0 Å². The molecule has 0 heterocycles. The third-order valence-electron chi connectivity index (χ3n) is 3.02. The summed E-state index contributed by atoms with van der Waals surface area (Å²) in [6, 6.07) is 0. The highest BCUT2D eigenvalue weighted by Gasteiger charge is 2.23. The minimum Gasteiger partial charge on any atom is -0.317 e. The number of rotatable bonds is 7. The van der Waals surface area contributed by atoms with Gasteiger partial charge >= 0.3 is 0 Å². The molecule has 0 bridgehead atoms. The lowest BCUT2D eigenvalue weighted by atomic mass is 9.77. The maximum atomic E-state index is 3.48. The fourth-order valence-electron chi connectivity index (χ4n) is 1.80. The summed E-state index contributed by atoms with van der Waals surface area (Å²) in [5.74, 6) is 0.828. The molecule has 1 atom stereocenters. The van der Waals surface area contributed by atoms with Crippen LogP contribution in [0.3, 0.4) is 0 Å². The van der Waals surface area contributed by atoms with E-state index in [0.29, 0.717) is 5.41 Å². The minimum atomic E-state index is 0.454. The van der Waals surface area contributed by atoms with E-state index in [1.807, 2.05) is 0 Å². The van der Waals surface area contributed by atoms with Crippen LogP contribution >= 0.6 is 0 Å². The number of hydrogen-bond donors (Lipinski definition) is 1. The van der Waals surface area contributed by atoms with E-state index >= 15 is 0 Å². The van der Waals surface area contributed by atoms with Crippen LogP contribution in [0.5, 0.6) is 0 Å². The van der Waals surface area contributed by atoms with Gasteiger partial charge in [0.05, 0.1) is 0 Å². The van der Waals surface area contributed by atoms with Gasteiger partial charge in [0, 0.05) is 0 Å². The fourth-order valence-corrected chi connectivity index (χ4v) is 1.80. The average Bonchev–Trinajstić information content (AvgIpc) is 2.09. The van der Waals surface area contributed by atoms with Gasteiger partial charge in [0.1, 0.15) is 0 Å². The first kappa shape index (κ1) is 14.0. The van der Waals surface area contributed by atoms with Crippen LogP contribution in [0.25, 0.3) is 0 Å². The zero-order valence-corrected chi connectivity index (χ0v) is 10.8. The third kappa shape index (κ3) is 6.42. The molecule has 0 aromatic carbocycles. The van der Waals surface area contributed by atoms with Crippen LogP contribution < -0.4 is 5.32 Å². The number of nitrogens with one attached hydrogen (secondary N) is 1. The van der Waals surface area contributed by atoms with Gasteiger partial charge in [0.25, 0.3) is 0 Å². The molecule has 0 spiro atoms. The lowest BCUT2D eigenvalue weighted by Crippen LogP contribution is -2.31. The fraction of sp³-hybridized carbons (Fsp3) is 1.00. The Balaban J connectivity index is 3.85. The van der Waals surface area contributed by atoms with Crippen molar-refractivity contribution in [3.63, 3.8) is 0 Å². The van der Waals surface area contributed by atoms with Crippen molar-refractivity contribution in [3.05, 3.63) is 0 Å². The summed E-state index contributed by atoms with van der Waals surface area (Å²) in [7, 11) is 0. The highest BCUT2D eigenvalue weighted by molar-refractivity contribution is 4.75. The Morgan fingerprint density at radius 1 is 1.07 bits per heavy atom. The van der Waals surface area contributed by atoms with Crippen LogP contribution in [-0.2, 0) is 0 Å². The van der Waals surface area contributed by atoms with Crippen LogP contribution in [0.15, 0.2) is 0 Å². The molecule has 0 aromatic rings. The van der Waals surface area contributed by atoms with Crippen LogP contribution in [0, 0.1) is 11.3 Å². The smallest absolute Gasteiger partial charge is 0.00156 e. The summed E-state index contributed by atoms with van der Waals surface area (Å²) in [6.07, 6.45) is 5.49. The maximum Gasteiger partial charge on any atom is -0.00156 e. The molecule has 1 heteroatoms. The normalized spacial score (nSPS) is 14.4. The van der Waals surface area contributed by atoms with Crippen molar-refractivity contribution in [2.75, 3.05) is 13.1 Å². The highest BCUT2D eigenvalue weighted by Crippen LogP contribution is 2.29. The van der Waals surface area contributed by atoms with E-state index in [9.17, 15) is 0 Å².